The predicted octanol–water partition coefficient (Wildman–Crippen LogP) is 6.89. The summed E-state index contributed by atoms with van der Waals surface area (Å²) >= 11 is 0. The van der Waals surface area contributed by atoms with Crippen molar-refractivity contribution in [1.29, 1.82) is 0 Å². The zero-order valence-electron chi connectivity index (χ0n) is 23.2. The zero-order valence-corrected chi connectivity index (χ0v) is 23.2. The smallest absolute Gasteiger partial charge is 0.227 e. The van der Waals surface area contributed by atoms with Crippen LogP contribution in [0.2, 0.25) is 0 Å². The molecule has 1 aromatic heterocycles. The third-order valence-corrected chi connectivity index (χ3v) is 8.34. The molecule has 0 spiro atoms. The summed E-state index contributed by atoms with van der Waals surface area (Å²) in [6.45, 7) is 10.4. The molecule has 3 heterocycles. The Morgan fingerprint density at radius 2 is 1.90 bits per heavy atom. The summed E-state index contributed by atoms with van der Waals surface area (Å²) in [6.07, 6.45) is 3.67. The van der Waals surface area contributed by atoms with Gasteiger partial charge in [-0.1, -0.05) is 13.0 Å². The summed E-state index contributed by atoms with van der Waals surface area (Å²) in [5.74, 6) is -1.16. The number of nitrogens with one attached hydrogen (secondary N) is 1. The number of piperidine rings is 1. The molecule has 9 heteroatoms. The minimum Gasteiger partial charge on any atom is -0.486 e. The molecule has 208 valence electrons. The normalized spacial score (nSPS) is 19.8. The monoisotopic (exact) mass is 539 g/mol. The second kappa shape index (κ2) is 10.7. The molecule has 39 heavy (non-hydrogen) atoms. The Balaban J connectivity index is 1.41. The van der Waals surface area contributed by atoms with Gasteiger partial charge in [-0.25, -0.2) is 23.1 Å². The molecule has 6 nitrogen and oxygen atoms in total. The lowest BCUT2D eigenvalue weighted by Crippen LogP contribution is -2.47. The number of nitrogens with zero attached hydrogens (tertiary/aromatic N) is 4. The predicted molar refractivity (Wildman–Crippen MR) is 148 cm³/mol. The Labute approximate surface area is 228 Å². The summed E-state index contributed by atoms with van der Waals surface area (Å²) < 4.78 is 50.8. The van der Waals surface area contributed by atoms with Crippen LogP contribution in [0.5, 0.6) is 5.75 Å². The van der Waals surface area contributed by atoms with E-state index in [0.29, 0.717) is 30.1 Å². The summed E-state index contributed by atoms with van der Waals surface area (Å²) in [4.78, 5) is 12.8. The van der Waals surface area contributed by atoms with Crippen LogP contribution in [0.4, 0.5) is 30.5 Å². The van der Waals surface area contributed by atoms with Crippen LogP contribution in [0, 0.1) is 17.5 Å². The van der Waals surface area contributed by atoms with Gasteiger partial charge in [-0.2, -0.15) is 0 Å². The van der Waals surface area contributed by atoms with Crippen molar-refractivity contribution in [3.8, 4) is 17.0 Å². The second-order valence-electron chi connectivity index (χ2n) is 11.3. The first-order valence-corrected chi connectivity index (χ1v) is 13.6. The van der Waals surface area contributed by atoms with Gasteiger partial charge >= 0.3 is 0 Å². The van der Waals surface area contributed by atoms with E-state index in [1.807, 2.05) is 0 Å². The Hall–Kier alpha value is -3.33. The van der Waals surface area contributed by atoms with E-state index in [9.17, 15) is 4.39 Å². The van der Waals surface area contributed by atoms with Crippen molar-refractivity contribution in [2.24, 2.45) is 0 Å². The standard InChI is InChI=1S/C30H36F3N5O/c1-6-18(2)38-11-12-39-28-24(32)13-20(14-26(28)38)27-25(33)17-34-29(36-27)35-21-7-8-22(23(31)15-21)19-9-10-37(5)30(3,4)16-19/h7-8,13-15,17-19H,6,9-12,16H2,1-5H3,(H,34,35,36). The Morgan fingerprint density at radius 3 is 2.62 bits per heavy atom. The number of ether oxygens (including phenoxy) is 1. The molecule has 1 saturated heterocycles. The molecule has 0 aliphatic carbocycles. The Morgan fingerprint density at radius 1 is 1.10 bits per heavy atom. The van der Waals surface area contributed by atoms with Crippen molar-refractivity contribution in [2.75, 3.05) is 37.0 Å². The average Bonchev–Trinajstić information content (AvgIpc) is 2.90. The molecule has 2 atom stereocenters. The fourth-order valence-electron chi connectivity index (χ4n) is 5.59. The van der Waals surface area contributed by atoms with E-state index in [1.165, 1.54) is 12.1 Å². The molecular weight excluding hydrogens is 503 g/mol. The molecule has 5 rings (SSSR count). The van der Waals surface area contributed by atoms with E-state index in [1.54, 1.807) is 18.2 Å². The van der Waals surface area contributed by atoms with Crippen molar-refractivity contribution in [3.63, 3.8) is 0 Å². The number of benzene rings is 2. The van der Waals surface area contributed by atoms with Gasteiger partial charge in [0.1, 0.15) is 18.1 Å². The highest BCUT2D eigenvalue weighted by atomic mass is 19.1. The van der Waals surface area contributed by atoms with Gasteiger partial charge in [0, 0.05) is 22.8 Å². The molecule has 2 aliphatic rings. The number of anilines is 3. The molecule has 0 saturated carbocycles. The number of hydrogen-bond donors (Lipinski definition) is 1. The number of likely N-dealkylation sites (tertiary alicyclic amines) is 1. The van der Waals surface area contributed by atoms with Crippen LogP contribution >= 0.6 is 0 Å². The van der Waals surface area contributed by atoms with Crippen molar-refractivity contribution >= 4 is 17.3 Å². The van der Waals surface area contributed by atoms with E-state index < -0.39 is 11.6 Å². The van der Waals surface area contributed by atoms with Crippen LogP contribution in [0.3, 0.4) is 0 Å². The van der Waals surface area contributed by atoms with E-state index >= 15 is 8.78 Å². The molecule has 2 aliphatic heterocycles. The van der Waals surface area contributed by atoms with Crippen molar-refractivity contribution in [3.05, 3.63) is 59.5 Å². The molecule has 2 aromatic carbocycles. The van der Waals surface area contributed by atoms with Gasteiger partial charge in [-0.15, -0.1) is 0 Å². The first-order chi connectivity index (χ1) is 18.6. The molecule has 3 aromatic rings. The van der Waals surface area contributed by atoms with Crippen LogP contribution in [-0.4, -0.2) is 53.2 Å². The zero-order chi connectivity index (χ0) is 27.9. The van der Waals surface area contributed by atoms with Gasteiger partial charge in [0.25, 0.3) is 0 Å². The van der Waals surface area contributed by atoms with Gasteiger partial charge in [0.15, 0.2) is 17.4 Å². The fourth-order valence-corrected chi connectivity index (χ4v) is 5.59. The van der Waals surface area contributed by atoms with Crippen LogP contribution in [0.15, 0.2) is 36.5 Å². The number of hydrogen-bond acceptors (Lipinski definition) is 6. The minimum absolute atomic E-state index is 0.00146. The first-order valence-electron chi connectivity index (χ1n) is 13.6. The SMILES string of the molecule is CCC(C)N1CCOc2c(F)cc(-c3nc(Nc4ccc(C5CCN(C)C(C)(C)C5)c(F)c4)ncc3F)cc21. The van der Waals surface area contributed by atoms with Crippen molar-refractivity contribution in [2.45, 2.75) is 64.5 Å². The Bertz CT molecular complexity index is 1360. The van der Waals surface area contributed by atoms with Crippen LogP contribution in [0.25, 0.3) is 11.3 Å². The van der Waals surface area contributed by atoms with Gasteiger partial charge in [0.05, 0.1) is 18.4 Å². The number of rotatable bonds is 6. The highest BCUT2D eigenvalue weighted by Gasteiger charge is 2.34. The lowest BCUT2D eigenvalue weighted by atomic mass is 9.79. The van der Waals surface area contributed by atoms with Gasteiger partial charge in [-0.05, 0) is 89.4 Å². The highest BCUT2D eigenvalue weighted by Crippen LogP contribution is 2.40. The third kappa shape index (κ3) is 5.41. The third-order valence-electron chi connectivity index (χ3n) is 8.34. The molecular formula is C30H36F3N5O. The molecule has 0 amide bonds. The highest BCUT2D eigenvalue weighted by molar-refractivity contribution is 5.73. The lowest BCUT2D eigenvalue weighted by molar-refractivity contribution is 0.0933. The molecule has 0 bridgehead atoms. The lowest BCUT2D eigenvalue weighted by Gasteiger charge is -2.43. The van der Waals surface area contributed by atoms with Gasteiger partial charge in [0.2, 0.25) is 5.95 Å². The largest absolute Gasteiger partial charge is 0.486 e. The quantitative estimate of drug-likeness (QED) is 0.368. The molecule has 1 N–H and O–H groups in total. The van der Waals surface area contributed by atoms with Crippen molar-refractivity contribution < 1.29 is 17.9 Å². The first kappa shape index (κ1) is 27.2. The number of halogens is 3. The van der Waals surface area contributed by atoms with E-state index in [4.69, 9.17) is 4.74 Å². The van der Waals surface area contributed by atoms with Gasteiger partial charge < -0.3 is 19.9 Å². The average molecular weight is 540 g/mol. The molecule has 1 fully saturated rings. The maximum Gasteiger partial charge on any atom is 0.227 e. The summed E-state index contributed by atoms with van der Waals surface area (Å²) in [7, 11) is 2.10. The van der Waals surface area contributed by atoms with Gasteiger partial charge in [-0.3, -0.25) is 0 Å². The second-order valence-corrected chi connectivity index (χ2v) is 11.3. The number of aromatic nitrogens is 2. The molecule has 2 unspecified atom stereocenters. The minimum atomic E-state index is -0.682. The topological polar surface area (TPSA) is 53.5 Å². The Kier molecular flexibility index (Phi) is 7.46. The summed E-state index contributed by atoms with van der Waals surface area (Å²) in [6, 6.07) is 8.11. The van der Waals surface area contributed by atoms with Crippen LogP contribution < -0.4 is 15.0 Å². The van der Waals surface area contributed by atoms with Crippen molar-refractivity contribution in [1.82, 2.24) is 14.9 Å². The number of fused-ring (bicyclic) bond motifs is 1. The fraction of sp³-hybridized carbons (Fsp3) is 0.467. The van der Waals surface area contributed by atoms with Crippen LogP contribution in [0.1, 0.15) is 58.4 Å². The van der Waals surface area contributed by atoms with E-state index in [0.717, 1.165) is 32.0 Å². The van der Waals surface area contributed by atoms with Crippen LogP contribution in [-0.2, 0) is 0 Å². The van der Waals surface area contributed by atoms with E-state index in [2.05, 4.69) is 59.8 Å². The van der Waals surface area contributed by atoms with E-state index in [-0.39, 0.29) is 46.3 Å². The maximum absolute atomic E-state index is 15.2. The molecule has 0 radical (unpaired) electrons. The maximum atomic E-state index is 15.2. The summed E-state index contributed by atoms with van der Waals surface area (Å²) in [5.41, 5.74) is 1.95. The summed E-state index contributed by atoms with van der Waals surface area (Å²) in [5, 5.41) is 2.98.